The summed E-state index contributed by atoms with van der Waals surface area (Å²) in [6, 6.07) is 4.26. The number of pyridine rings is 1. The number of Topliss-reactive ketones (excluding diaryl/α,β-unsaturated/α-hetero) is 1. The van der Waals surface area contributed by atoms with Crippen molar-refractivity contribution in [3.05, 3.63) is 36.2 Å². The number of rotatable bonds is 3. The quantitative estimate of drug-likeness (QED) is 0.730. The molecule has 150 valence electrons. The highest BCUT2D eigenvalue weighted by Gasteiger charge is 2.57. The fourth-order valence-corrected chi connectivity index (χ4v) is 6.65. The maximum Gasteiger partial charge on any atom is 0.373 e. The molecule has 3 aliphatic rings. The van der Waals surface area contributed by atoms with Crippen LogP contribution in [0.25, 0.3) is 5.57 Å². The first-order valence-corrected chi connectivity index (χ1v) is 10.6. The zero-order valence-electron chi connectivity index (χ0n) is 17.2. The summed E-state index contributed by atoms with van der Waals surface area (Å²) in [5.74, 6) is 2.54. The predicted octanol–water partition coefficient (Wildman–Crippen LogP) is 5.10. The van der Waals surface area contributed by atoms with Gasteiger partial charge in [0.1, 0.15) is 5.78 Å². The predicted molar refractivity (Wildman–Crippen MR) is 107 cm³/mol. The van der Waals surface area contributed by atoms with Crippen molar-refractivity contribution in [2.75, 3.05) is 0 Å². The third-order valence-corrected chi connectivity index (χ3v) is 7.92. The molecule has 2 fully saturated rings. The van der Waals surface area contributed by atoms with Crippen LogP contribution in [0.15, 0.2) is 30.6 Å². The van der Waals surface area contributed by atoms with Crippen molar-refractivity contribution >= 4 is 17.5 Å². The number of carbonyl (C=O) groups is 1. The molecule has 0 unspecified atom stereocenters. The lowest BCUT2D eigenvalue weighted by Crippen LogP contribution is -2.51. The van der Waals surface area contributed by atoms with E-state index in [4.69, 9.17) is 9.59 Å². The molecule has 0 amide bonds. The molecule has 5 atom stereocenters. The number of hydrogen-bond donors (Lipinski definition) is 0. The van der Waals surface area contributed by atoms with Crippen molar-refractivity contribution in [1.29, 1.82) is 0 Å². The van der Waals surface area contributed by atoms with Gasteiger partial charge < -0.3 is 0 Å². The largest absolute Gasteiger partial charge is 0.373 e. The van der Waals surface area contributed by atoms with Gasteiger partial charge in [0.25, 0.3) is 0 Å². The van der Waals surface area contributed by atoms with Crippen molar-refractivity contribution in [3.63, 3.8) is 0 Å². The fraction of sp³-hybridized carbons (Fsp3) is 0.625. The van der Waals surface area contributed by atoms with Crippen LogP contribution in [0.1, 0.15) is 71.3 Å². The summed E-state index contributed by atoms with van der Waals surface area (Å²) >= 11 is 0. The summed E-state index contributed by atoms with van der Waals surface area (Å²) in [5.41, 5.74) is 3.00. The highest BCUT2D eigenvalue weighted by molar-refractivity contribution is 5.86. The smallest absolute Gasteiger partial charge is 0.299 e. The summed E-state index contributed by atoms with van der Waals surface area (Å²) in [6.07, 6.45) is 14.3. The minimum absolute atomic E-state index is 0.0734. The van der Waals surface area contributed by atoms with Crippen LogP contribution in [0, 0.1) is 28.6 Å². The highest BCUT2D eigenvalue weighted by atomic mass is 16.2. The van der Waals surface area contributed by atoms with Gasteiger partial charge in [-0.2, -0.15) is 9.59 Å². The van der Waals surface area contributed by atoms with E-state index in [0.717, 1.165) is 25.7 Å². The summed E-state index contributed by atoms with van der Waals surface area (Å²) < 4.78 is 0. The van der Waals surface area contributed by atoms with Gasteiger partial charge in [-0.05, 0) is 72.5 Å². The Balaban J connectivity index is 0.000000706. The number of nitrogens with zero attached hydrogens (tertiary/aromatic N) is 1. The summed E-state index contributed by atoms with van der Waals surface area (Å²) in [7, 11) is 0. The molecule has 1 aromatic heterocycles. The Morgan fingerprint density at radius 3 is 2.61 bits per heavy atom. The minimum Gasteiger partial charge on any atom is -0.299 e. The average molecular weight is 382 g/mol. The van der Waals surface area contributed by atoms with Gasteiger partial charge in [-0.1, -0.05) is 39.3 Å². The Morgan fingerprint density at radius 2 is 1.96 bits per heavy atom. The lowest BCUT2D eigenvalue weighted by molar-refractivity contribution is -0.191. The first-order valence-electron chi connectivity index (χ1n) is 10.6. The molecule has 0 spiro atoms. The molecule has 4 heteroatoms. The van der Waals surface area contributed by atoms with Crippen molar-refractivity contribution in [2.24, 2.45) is 28.6 Å². The molecular formula is C24H31NO3. The lowest BCUT2D eigenvalue weighted by Gasteiger charge is -2.55. The maximum absolute atomic E-state index is 12.8. The molecular weight excluding hydrogens is 350 g/mol. The molecule has 1 heterocycles. The van der Waals surface area contributed by atoms with Gasteiger partial charge in [0.2, 0.25) is 0 Å². The average Bonchev–Trinajstić information content (AvgIpc) is 3.04. The van der Waals surface area contributed by atoms with E-state index in [1.807, 2.05) is 12.4 Å². The van der Waals surface area contributed by atoms with Crippen LogP contribution >= 0.6 is 0 Å². The summed E-state index contributed by atoms with van der Waals surface area (Å²) in [4.78, 5) is 33.4. The first kappa shape index (κ1) is 20.7. The Kier molecular flexibility index (Phi) is 6.00. The molecule has 0 saturated heterocycles. The molecule has 0 aromatic carbocycles. The monoisotopic (exact) mass is 381 g/mol. The number of aromatic nitrogens is 1. The number of allylic oxidation sites excluding steroid dienone is 2. The number of fused-ring (bicyclic) bond motifs is 3. The summed E-state index contributed by atoms with van der Waals surface area (Å²) in [5, 5.41) is 0. The van der Waals surface area contributed by atoms with Crippen molar-refractivity contribution in [3.8, 4) is 0 Å². The second kappa shape index (κ2) is 8.13. The van der Waals surface area contributed by atoms with Crippen LogP contribution in [0.4, 0.5) is 0 Å². The van der Waals surface area contributed by atoms with Crippen LogP contribution in [0.5, 0.6) is 0 Å². The number of ketones is 1. The molecule has 4 rings (SSSR count). The molecule has 4 nitrogen and oxygen atoms in total. The van der Waals surface area contributed by atoms with Crippen LogP contribution in [0.3, 0.4) is 0 Å². The van der Waals surface area contributed by atoms with Gasteiger partial charge in [0.15, 0.2) is 0 Å². The molecule has 3 aliphatic carbocycles. The van der Waals surface area contributed by atoms with E-state index in [-0.39, 0.29) is 17.0 Å². The minimum atomic E-state index is -0.0734. The third-order valence-electron chi connectivity index (χ3n) is 7.92. The van der Waals surface area contributed by atoms with Crippen LogP contribution in [-0.2, 0) is 14.4 Å². The van der Waals surface area contributed by atoms with E-state index in [1.54, 1.807) is 0 Å². The van der Waals surface area contributed by atoms with E-state index in [9.17, 15) is 4.79 Å². The molecule has 0 radical (unpaired) electrons. The second-order valence-electron chi connectivity index (χ2n) is 9.14. The zero-order chi connectivity index (χ0) is 20.4. The standard InChI is InChI=1S/C23H31NO.CO2/c1-4-12-23(3)20-11-13-22(2)18(16-6-5-14-24-15-16)8-9-19(22)17(20)7-10-21(23)25;2-1-3/h5-6,8,14-15,17,19-20H,4,7,9-13H2,1-3H3;/t17-,19-,20-,22+,23+;/m0./s1. The van der Waals surface area contributed by atoms with Crippen LogP contribution in [-0.4, -0.2) is 16.9 Å². The van der Waals surface area contributed by atoms with Crippen LogP contribution < -0.4 is 0 Å². The van der Waals surface area contributed by atoms with Crippen molar-refractivity contribution in [1.82, 2.24) is 4.98 Å². The van der Waals surface area contributed by atoms with Crippen LogP contribution in [0.2, 0.25) is 0 Å². The van der Waals surface area contributed by atoms with Gasteiger partial charge in [-0.3, -0.25) is 9.78 Å². The van der Waals surface area contributed by atoms with Gasteiger partial charge in [-0.15, -0.1) is 0 Å². The van der Waals surface area contributed by atoms with E-state index in [2.05, 4.69) is 44.0 Å². The number of carbonyl (C=O) groups excluding carboxylic acids is 3. The van der Waals surface area contributed by atoms with Gasteiger partial charge in [-0.25, -0.2) is 0 Å². The van der Waals surface area contributed by atoms with Gasteiger partial charge in [0.05, 0.1) is 0 Å². The number of hydrogen-bond acceptors (Lipinski definition) is 4. The van der Waals surface area contributed by atoms with E-state index in [0.29, 0.717) is 23.5 Å². The van der Waals surface area contributed by atoms with Gasteiger partial charge in [0, 0.05) is 24.2 Å². The fourth-order valence-electron chi connectivity index (χ4n) is 6.65. The van der Waals surface area contributed by atoms with E-state index in [1.165, 1.54) is 30.4 Å². The molecule has 1 aromatic rings. The molecule has 0 N–H and O–H groups in total. The van der Waals surface area contributed by atoms with E-state index >= 15 is 0 Å². The van der Waals surface area contributed by atoms with Gasteiger partial charge >= 0.3 is 6.15 Å². The Morgan fingerprint density at radius 1 is 1.21 bits per heavy atom. The molecule has 0 bridgehead atoms. The third kappa shape index (κ3) is 3.28. The van der Waals surface area contributed by atoms with E-state index < -0.39 is 0 Å². The first-order chi connectivity index (χ1) is 13.4. The lowest BCUT2D eigenvalue weighted by atomic mass is 9.48. The molecule has 28 heavy (non-hydrogen) atoms. The SMILES string of the molecule is CCC[C@@]1(C)C(=O)CC[C@@H]2[C@@H]1CC[C@]1(C)C(c3cccnc3)=CC[C@@H]21.O=C=O. The molecule has 0 aliphatic heterocycles. The normalized spacial score (nSPS) is 36.3. The highest BCUT2D eigenvalue weighted by Crippen LogP contribution is 2.64. The Bertz CT molecular complexity index is 780. The van der Waals surface area contributed by atoms with Crippen molar-refractivity contribution < 1.29 is 14.4 Å². The zero-order valence-corrected chi connectivity index (χ0v) is 17.2. The molecule has 2 saturated carbocycles. The summed E-state index contributed by atoms with van der Waals surface area (Å²) in [6.45, 7) is 6.99. The van der Waals surface area contributed by atoms with Crippen molar-refractivity contribution in [2.45, 2.75) is 65.7 Å². The topological polar surface area (TPSA) is 64.1 Å². The Labute approximate surface area is 167 Å². The Hall–Kier alpha value is -2.06. The maximum atomic E-state index is 12.8. The second-order valence-corrected chi connectivity index (χ2v) is 9.14.